The van der Waals surface area contributed by atoms with Crippen LogP contribution >= 0.6 is 0 Å². The molecule has 1 amide bonds. The Balaban J connectivity index is 1.90. The van der Waals surface area contributed by atoms with Gasteiger partial charge in [0.2, 0.25) is 0 Å². The minimum atomic E-state index is -0.689. The summed E-state index contributed by atoms with van der Waals surface area (Å²) in [5, 5.41) is 0.313. The fourth-order valence-corrected chi connectivity index (χ4v) is 3.93. The number of rotatable bonds is 2. The van der Waals surface area contributed by atoms with Crippen molar-refractivity contribution in [3.63, 3.8) is 0 Å². The summed E-state index contributed by atoms with van der Waals surface area (Å²) in [6.45, 7) is 17.5. The number of aromatic nitrogens is 2. The first-order chi connectivity index (χ1) is 15.2. The Morgan fingerprint density at radius 2 is 1.61 bits per heavy atom. The fraction of sp³-hybridized carbons (Fsp3) is 0.560. The number of carbonyl (C=O) groups is 2. The van der Waals surface area contributed by atoms with Crippen LogP contribution in [-0.2, 0) is 9.47 Å². The predicted octanol–water partition coefficient (Wildman–Crippen LogP) is 6.11. The number of pyridine rings is 1. The predicted molar refractivity (Wildman–Crippen MR) is 126 cm³/mol. The number of nitrogens with zero attached hydrogens (tertiary/aromatic N) is 3. The van der Waals surface area contributed by atoms with Gasteiger partial charge in [-0.3, -0.25) is 9.55 Å². The number of fused-ring (bicyclic) bond motifs is 1. The van der Waals surface area contributed by atoms with Crippen LogP contribution in [0, 0.1) is 5.82 Å². The quantitative estimate of drug-likeness (QED) is 0.542. The van der Waals surface area contributed by atoms with Crippen molar-refractivity contribution >= 4 is 28.7 Å². The molecule has 0 unspecified atom stereocenters. The smallest absolute Gasteiger partial charge is 0.419 e. The Morgan fingerprint density at radius 3 is 2.12 bits per heavy atom. The van der Waals surface area contributed by atoms with E-state index in [2.05, 4.69) is 11.6 Å². The summed E-state index contributed by atoms with van der Waals surface area (Å²) in [4.78, 5) is 31.1. The first-order valence-corrected chi connectivity index (χ1v) is 11.2. The summed E-state index contributed by atoms with van der Waals surface area (Å²) in [6.07, 6.45) is 3.27. The second-order valence-corrected chi connectivity index (χ2v) is 10.6. The molecule has 7 nitrogen and oxygen atoms in total. The van der Waals surface area contributed by atoms with Gasteiger partial charge in [0.1, 0.15) is 11.2 Å². The van der Waals surface area contributed by atoms with Crippen molar-refractivity contribution in [3.05, 3.63) is 36.0 Å². The van der Waals surface area contributed by atoms with Gasteiger partial charge in [-0.15, -0.1) is 0 Å². The second kappa shape index (κ2) is 8.80. The maximum Gasteiger partial charge on any atom is 0.419 e. The Bertz CT molecular complexity index is 1080. The lowest BCUT2D eigenvalue weighted by molar-refractivity contribution is 0.0203. The molecule has 1 aliphatic rings. The zero-order valence-corrected chi connectivity index (χ0v) is 20.6. The molecule has 3 heterocycles. The molecule has 0 spiro atoms. The lowest BCUT2D eigenvalue weighted by Crippen LogP contribution is -2.41. The van der Waals surface area contributed by atoms with E-state index < -0.39 is 23.1 Å². The molecule has 1 fully saturated rings. The number of piperidine rings is 1. The lowest BCUT2D eigenvalue weighted by Gasteiger charge is -2.33. The largest absolute Gasteiger partial charge is 0.444 e. The number of hydrogen-bond donors (Lipinski definition) is 0. The standard InChI is InChI=1S/C25H34FN3O4/c1-15(2)17-14-29(23(31)33-25(6,7)8)18-13-27-21(20(26)19(17)18)16-9-11-28(12-10-16)22(30)32-24(3,4)5/h13-14,16H,1,9-12H2,2-8H3. The number of carbonyl (C=O) groups excluding carboxylic acids is 2. The Labute approximate surface area is 194 Å². The third-order valence-corrected chi connectivity index (χ3v) is 5.40. The summed E-state index contributed by atoms with van der Waals surface area (Å²) in [7, 11) is 0. The van der Waals surface area contributed by atoms with Crippen molar-refractivity contribution in [1.29, 1.82) is 0 Å². The molecule has 0 saturated carbocycles. The van der Waals surface area contributed by atoms with Crippen LogP contribution in [0.1, 0.15) is 78.5 Å². The van der Waals surface area contributed by atoms with Crippen LogP contribution in [0.4, 0.5) is 14.0 Å². The second-order valence-electron chi connectivity index (χ2n) is 10.6. The molecule has 8 heteroatoms. The highest BCUT2D eigenvalue weighted by atomic mass is 19.1. The fourth-order valence-electron chi connectivity index (χ4n) is 3.93. The van der Waals surface area contributed by atoms with E-state index in [9.17, 15) is 9.59 Å². The maximum absolute atomic E-state index is 15.8. The third-order valence-electron chi connectivity index (χ3n) is 5.40. The first kappa shape index (κ1) is 24.7. The monoisotopic (exact) mass is 459 g/mol. The van der Waals surface area contributed by atoms with Crippen molar-refractivity contribution in [2.24, 2.45) is 0 Å². The highest BCUT2D eigenvalue weighted by Crippen LogP contribution is 2.35. The highest BCUT2D eigenvalue weighted by molar-refractivity contribution is 5.97. The van der Waals surface area contributed by atoms with Crippen LogP contribution in [0.5, 0.6) is 0 Å². The summed E-state index contributed by atoms with van der Waals surface area (Å²) < 4.78 is 28.0. The number of ether oxygens (including phenoxy) is 2. The van der Waals surface area contributed by atoms with Crippen LogP contribution in [-0.4, -0.2) is 50.9 Å². The van der Waals surface area contributed by atoms with Gasteiger partial charge in [-0.25, -0.2) is 14.0 Å². The number of halogens is 1. The van der Waals surface area contributed by atoms with Crippen LogP contribution in [0.25, 0.3) is 16.5 Å². The minimum absolute atomic E-state index is 0.143. The highest BCUT2D eigenvalue weighted by Gasteiger charge is 2.31. The van der Waals surface area contributed by atoms with E-state index in [0.29, 0.717) is 53.7 Å². The van der Waals surface area contributed by atoms with E-state index in [1.54, 1.807) is 38.8 Å². The molecule has 0 aliphatic carbocycles. The first-order valence-electron chi connectivity index (χ1n) is 11.2. The molecule has 2 aromatic rings. The Morgan fingerprint density at radius 1 is 1.06 bits per heavy atom. The molecule has 3 rings (SSSR count). The number of amides is 1. The number of hydrogen-bond acceptors (Lipinski definition) is 5. The molecule has 0 atom stereocenters. The van der Waals surface area contributed by atoms with E-state index in [0.717, 1.165) is 0 Å². The SMILES string of the molecule is C=C(C)c1cn(C(=O)OC(C)(C)C)c2cnc(C3CCN(C(=O)OC(C)(C)C)CC3)c(F)c12. The normalized spacial score (nSPS) is 15.6. The molecule has 2 aromatic heterocycles. The van der Waals surface area contributed by atoms with Crippen molar-refractivity contribution < 1.29 is 23.5 Å². The van der Waals surface area contributed by atoms with Gasteiger partial charge in [-0.05, 0) is 66.9 Å². The molecule has 0 radical (unpaired) electrons. The van der Waals surface area contributed by atoms with Gasteiger partial charge in [0.15, 0.2) is 5.82 Å². The molecule has 180 valence electrons. The van der Waals surface area contributed by atoms with Gasteiger partial charge in [-0.2, -0.15) is 0 Å². The summed E-state index contributed by atoms with van der Waals surface area (Å²) in [5.74, 6) is -0.598. The van der Waals surface area contributed by atoms with Gasteiger partial charge in [0, 0.05) is 36.2 Å². The molecule has 0 aromatic carbocycles. The van der Waals surface area contributed by atoms with E-state index in [-0.39, 0.29) is 12.0 Å². The molecule has 1 saturated heterocycles. The van der Waals surface area contributed by atoms with Gasteiger partial charge in [-0.1, -0.05) is 6.58 Å². The molecular weight excluding hydrogens is 425 g/mol. The molecule has 33 heavy (non-hydrogen) atoms. The molecule has 0 N–H and O–H groups in total. The molecule has 1 aliphatic heterocycles. The minimum Gasteiger partial charge on any atom is -0.444 e. The van der Waals surface area contributed by atoms with Gasteiger partial charge < -0.3 is 14.4 Å². The maximum atomic E-state index is 15.8. The lowest BCUT2D eigenvalue weighted by atomic mass is 9.91. The molecular formula is C25H34FN3O4. The Kier molecular flexibility index (Phi) is 6.60. The topological polar surface area (TPSA) is 73.7 Å². The Hall–Kier alpha value is -2.90. The van der Waals surface area contributed by atoms with Gasteiger partial charge >= 0.3 is 12.2 Å². The van der Waals surface area contributed by atoms with E-state index in [1.807, 2.05) is 20.8 Å². The van der Waals surface area contributed by atoms with Crippen LogP contribution in [0.15, 0.2) is 19.0 Å². The zero-order valence-electron chi connectivity index (χ0n) is 20.6. The number of allylic oxidation sites excluding steroid dienone is 1. The van der Waals surface area contributed by atoms with Crippen molar-refractivity contribution in [2.45, 2.75) is 78.4 Å². The van der Waals surface area contributed by atoms with E-state index in [1.165, 1.54) is 10.8 Å². The van der Waals surface area contributed by atoms with E-state index >= 15 is 4.39 Å². The average molecular weight is 460 g/mol. The zero-order chi connectivity index (χ0) is 24.7. The summed E-state index contributed by atoms with van der Waals surface area (Å²) in [6, 6.07) is 0. The van der Waals surface area contributed by atoms with Crippen LogP contribution < -0.4 is 0 Å². The third kappa shape index (κ3) is 5.54. The summed E-state index contributed by atoms with van der Waals surface area (Å²) in [5.41, 5.74) is 0.615. The van der Waals surface area contributed by atoms with E-state index in [4.69, 9.17) is 9.47 Å². The van der Waals surface area contributed by atoms with Crippen molar-refractivity contribution in [3.8, 4) is 0 Å². The van der Waals surface area contributed by atoms with Crippen molar-refractivity contribution in [1.82, 2.24) is 14.5 Å². The van der Waals surface area contributed by atoms with Crippen LogP contribution in [0.3, 0.4) is 0 Å². The molecule has 0 bridgehead atoms. The van der Waals surface area contributed by atoms with Gasteiger partial charge in [0.05, 0.1) is 17.4 Å². The number of likely N-dealkylation sites (tertiary alicyclic amines) is 1. The summed E-state index contributed by atoms with van der Waals surface area (Å²) >= 11 is 0. The van der Waals surface area contributed by atoms with Gasteiger partial charge in [0.25, 0.3) is 0 Å². The van der Waals surface area contributed by atoms with Crippen LogP contribution in [0.2, 0.25) is 0 Å². The average Bonchev–Trinajstić information content (AvgIpc) is 3.07. The van der Waals surface area contributed by atoms with Crippen molar-refractivity contribution in [2.75, 3.05) is 13.1 Å².